The van der Waals surface area contributed by atoms with E-state index in [1.54, 1.807) is 35.9 Å². The summed E-state index contributed by atoms with van der Waals surface area (Å²) in [7, 11) is 0. The number of benzene rings is 1. The highest BCUT2D eigenvalue weighted by Crippen LogP contribution is 2.44. The molecular formula is C23H17Cl2F4N3O. The van der Waals surface area contributed by atoms with Crippen molar-refractivity contribution in [2.45, 2.75) is 25.9 Å². The molecular weight excluding hydrogens is 481 g/mol. The molecule has 0 aliphatic carbocycles. The number of halogens is 6. The van der Waals surface area contributed by atoms with E-state index >= 15 is 4.39 Å². The van der Waals surface area contributed by atoms with Crippen LogP contribution in [0, 0.1) is 5.82 Å². The molecule has 0 spiro atoms. The monoisotopic (exact) mass is 497 g/mol. The molecule has 0 amide bonds. The lowest BCUT2D eigenvalue weighted by molar-refractivity contribution is -0.141. The molecule has 0 aliphatic heterocycles. The normalized spacial score (nSPS) is 12.8. The van der Waals surface area contributed by atoms with Crippen molar-refractivity contribution in [3.8, 4) is 16.9 Å². The van der Waals surface area contributed by atoms with Gasteiger partial charge in [-0.25, -0.2) is 9.37 Å². The van der Waals surface area contributed by atoms with E-state index in [0.717, 1.165) is 18.3 Å². The molecule has 0 aliphatic rings. The minimum Gasteiger partial charge on any atom is -0.493 e. The van der Waals surface area contributed by atoms with Crippen molar-refractivity contribution >= 4 is 28.7 Å². The van der Waals surface area contributed by atoms with Gasteiger partial charge in [-0.3, -0.25) is 4.98 Å². The van der Waals surface area contributed by atoms with Crippen LogP contribution in [-0.4, -0.2) is 21.0 Å². The Morgan fingerprint density at radius 2 is 1.85 bits per heavy atom. The zero-order valence-corrected chi connectivity index (χ0v) is 18.9. The molecule has 3 aromatic heterocycles. The second-order valence-electron chi connectivity index (χ2n) is 7.28. The Morgan fingerprint density at radius 3 is 2.48 bits per heavy atom. The standard InChI is InChI=1S/C23H17Cl2F4N3O/c1-3-33-21-14(12(2)22-31-11-17-15(24)5-4-8-32(17)22)9-16(25)20(26)19(21)13-6-7-18(30-10-13)23(27,28)29/h4-12H,3H2,1-2H3. The van der Waals surface area contributed by atoms with E-state index in [4.69, 9.17) is 27.9 Å². The number of alkyl halides is 3. The maximum atomic E-state index is 15.2. The summed E-state index contributed by atoms with van der Waals surface area (Å²) in [6.45, 7) is 3.76. The number of ether oxygens (including phenoxy) is 1. The van der Waals surface area contributed by atoms with Gasteiger partial charge >= 0.3 is 6.18 Å². The Hall–Kier alpha value is -2.84. The second kappa shape index (κ2) is 8.83. The lowest BCUT2D eigenvalue weighted by atomic mass is 9.93. The molecule has 0 saturated heterocycles. The molecule has 0 fully saturated rings. The van der Waals surface area contributed by atoms with E-state index in [1.807, 2.05) is 6.92 Å². The van der Waals surface area contributed by atoms with Crippen LogP contribution in [0.5, 0.6) is 5.75 Å². The zero-order chi connectivity index (χ0) is 23.9. The minimum atomic E-state index is -4.61. The summed E-state index contributed by atoms with van der Waals surface area (Å²) >= 11 is 12.5. The molecule has 0 bridgehead atoms. The quantitative estimate of drug-likeness (QED) is 0.269. The molecule has 1 unspecified atom stereocenters. The Bertz CT molecular complexity index is 1320. The lowest BCUT2D eigenvalue weighted by Crippen LogP contribution is -2.09. The number of rotatable bonds is 5. The van der Waals surface area contributed by atoms with Crippen LogP contribution in [0.1, 0.15) is 36.8 Å². The van der Waals surface area contributed by atoms with E-state index in [1.165, 1.54) is 6.07 Å². The van der Waals surface area contributed by atoms with Crippen molar-refractivity contribution in [1.29, 1.82) is 0 Å². The van der Waals surface area contributed by atoms with Gasteiger partial charge in [0.15, 0.2) is 5.82 Å². The molecule has 4 rings (SSSR count). The van der Waals surface area contributed by atoms with Gasteiger partial charge in [0.05, 0.1) is 33.9 Å². The molecule has 3 heterocycles. The number of nitrogens with zero attached hydrogens (tertiary/aromatic N) is 3. The highest BCUT2D eigenvalue weighted by atomic mass is 35.5. The predicted molar refractivity (Wildman–Crippen MR) is 119 cm³/mol. The van der Waals surface area contributed by atoms with Gasteiger partial charge in [0.25, 0.3) is 0 Å². The third-order valence-electron chi connectivity index (χ3n) is 5.23. The van der Waals surface area contributed by atoms with Gasteiger partial charge in [-0.05, 0) is 31.2 Å². The first kappa shape index (κ1) is 23.3. The number of pyridine rings is 2. The lowest BCUT2D eigenvalue weighted by Gasteiger charge is -2.21. The van der Waals surface area contributed by atoms with Crippen molar-refractivity contribution in [3.63, 3.8) is 0 Å². The number of fused-ring (bicyclic) bond motifs is 1. The highest BCUT2D eigenvalue weighted by molar-refractivity contribution is 6.33. The molecule has 1 aromatic carbocycles. The van der Waals surface area contributed by atoms with Crippen LogP contribution < -0.4 is 4.74 Å². The van der Waals surface area contributed by atoms with Crippen LogP contribution in [0.25, 0.3) is 16.6 Å². The third kappa shape index (κ3) is 4.25. The number of imidazole rings is 1. The number of hydrogen-bond donors (Lipinski definition) is 0. The minimum absolute atomic E-state index is 0.0636. The number of aromatic nitrogens is 3. The van der Waals surface area contributed by atoms with Crippen LogP contribution >= 0.6 is 23.2 Å². The smallest absolute Gasteiger partial charge is 0.433 e. The molecule has 4 nitrogen and oxygen atoms in total. The van der Waals surface area contributed by atoms with E-state index in [2.05, 4.69) is 9.97 Å². The Balaban J connectivity index is 1.91. The van der Waals surface area contributed by atoms with E-state index in [9.17, 15) is 13.2 Å². The van der Waals surface area contributed by atoms with Gasteiger partial charge in [0, 0.05) is 29.4 Å². The third-order valence-corrected chi connectivity index (χ3v) is 5.83. The fourth-order valence-corrected chi connectivity index (χ4v) is 4.11. The maximum Gasteiger partial charge on any atom is 0.433 e. The second-order valence-corrected chi connectivity index (χ2v) is 8.09. The average molecular weight is 498 g/mol. The predicted octanol–water partition coefficient (Wildman–Crippen LogP) is 7.41. The molecule has 0 radical (unpaired) electrons. The van der Waals surface area contributed by atoms with Crippen LogP contribution in [0.4, 0.5) is 17.6 Å². The van der Waals surface area contributed by atoms with Crippen LogP contribution in [0.15, 0.2) is 48.9 Å². The first-order valence-electron chi connectivity index (χ1n) is 9.93. The fraction of sp³-hybridized carbons (Fsp3) is 0.217. The van der Waals surface area contributed by atoms with Crippen LogP contribution in [0.2, 0.25) is 10.0 Å². The summed E-state index contributed by atoms with van der Waals surface area (Å²) in [5.41, 5.74) is 0.174. The van der Waals surface area contributed by atoms with Gasteiger partial charge < -0.3 is 9.14 Å². The van der Waals surface area contributed by atoms with Crippen molar-refractivity contribution < 1.29 is 22.3 Å². The first-order chi connectivity index (χ1) is 15.6. The topological polar surface area (TPSA) is 39.4 Å². The Labute approximate surface area is 196 Å². The summed E-state index contributed by atoms with van der Waals surface area (Å²) in [5.74, 6) is -0.472. The number of hydrogen-bond acceptors (Lipinski definition) is 3. The molecule has 0 saturated carbocycles. The summed E-state index contributed by atoms with van der Waals surface area (Å²) in [4.78, 5) is 7.93. The summed E-state index contributed by atoms with van der Waals surface area (Å²) in [6, 6.07) is 6.89. The molecule has 33 heavy (non-hydrogen) atoms. The van der Waals surface area contributed by atoms with Crippen LogP contribution in [-0.2, 0) is 6.18 Å². The molecule has 1 atom stereocenters. The average Bonchev–Trinajstić information content (AvgIpc) is 3.21. The van der Waals surface area contributed by atoms with Gasteiger partial charge in [-0.15, -0.1) is 0 Å². The molecule has 4 aromatic rings. The van der Waals surface area contributed by atoms with Gasteiger partial charge in [0.1, 0.15) is 17.3 Å². The van der Waals surface area contributed by atoms with Crippen molar-refractivity contribution in [3.05, 3.63) is 81.9 Å². The van der Waals surface area contributed by atoms with Crippen molar-refractivity contribution in [2.24, 2.45) is 0 Å². The molecule has 10 heteroatoms. The largest absolute Gasteiger partial charge is 0.493 e. The van der Waals surface area contributed by atoms with E-state index in [0.29, 0.717) is 21.9 Å². The fourth-order valence-electron chi connectivity index (χ4n) is 3.68. The summed E-state index contributed by atoms with van der Waals surface area (Å²) in [5, 5.41) is 0.316. The van der Waals surface area contributed by atoms with Gasteiger partial charge in [-0.2, -0.15) is 13.2 Å². The summed E-state index contributed by atoms with van der Waals surface area (Å²) < 4.78 is 61.6. The van der Waals surface area contributed by atoms with Crippen molar-refractivity contribution in [2.75, 3.05) is 6.61 Å². The zero-order valence-electron chi connectivity index (χ0n) is 17.4. The molecule has 0 N–H and O–H groups in total. The highest BCUT2D eigenvalue weighted by Gasteiger charge is 2.33. The Kier molecular flexibility index (Phi) is 6.24. The van der Waals surface area contributed by atoms with E-state index < -0.39 is 23.6 Å². The Morgan fingerprint density at radius 1 is 1.09 bits per heavy atom. The first-order valence-corrected chi connectivity index (χ1v) is 10.7. The maximum absolute atomic E-state index is 15.2. The van der Waals surface area contributed by atoms with Gasteiger partial charge in [0.2, 0.25) is 0 Å². The van der Waals surface area contributed by atoms with Crippen LogP contribution in [0.3, 0.4) is 0 Å². The molecule has 172 valence electrons. The van der Waals surface area contributed by atoms with Crippen molar-refractivity contribution in [1.82, 2.24) is 14.4 Å². The summed E-state index contributed by atoms with van der Waals surface area (Å²) in [6.07, 6.45) is -0.234. The van der Waals surface area contributed by atoms with Gasteiger partial charge in [-0.1, -0.05) is 36.2 Å². The van der Waals surface area contributed by atoms with E-state index in [-0.39, 0.29) is 28.5 Å². The SMILES string of the molecule is CCOc1c(C(C)c2ncc3c(Cl)cccn23)cc(Cl)c(F)c1-c1ccc(C(F)(F)F)nc1.